The molecule has 1 amide bonds. The topological polar surface area (TPSA) is 121 Å². The number of aromatic amines is 1. The van der Waals surface area contributed by atoms with Crippen LogP contribution in [0.15, 0.2) is 78.9 Å². The third-order valence-corrected chi connectivity index (χ3v) is 5.97. The zero-order valence-electron chi connectivity index (χ0n) is 20.6. The molecule has 9 heteroatoms. The number of unbranched alkanes of at least 4 members (excludes halogenated alkanes) is 1. The smallest absolute Gasteiger partial charge is 0.410 e. The second-order valence-electron chi connectivity index (χ2n) is 8.65. The molecule has 0 spiro atoms. The first-order chi connectivity index (χ1) is 18.0. The number of ether oxygens (including phenoxy) is 1. The van der Waals surface area contributed by atoms with Crippen molar-refractivity contribution in [3.63, 3.8) is 0 Å². The first kappa shape index (κ1) is 25.6. The molecule has 4 aromatic rings. The Morgan fingerprint density at radius 2 is 1.65 bits per heavy atom. The number of aromatic nitrogens is 4. The number of nitrogens with zero attached hydrogens (tertiary/aromatic N) is 4. The maximum Gasteiger partial charge on any atom is 0.410 e. The lowest BCUT2D eigenvalue weighted by molar-refractivity contribution is -0.147. The van der Waals surface area contributed by atoms with Crippen molar-refractivity contribution in [3.8, 4) is 22.5 Å². The van der Waals surface area contributed by atoms with Crippen LogP contribution in [0, 0.1) is 0 Å². The Balaban J connectivity index is 1.48. The summed E-state index contributed by atoms with van der Waals surface area (Å²) >= 11 is 0. The van der Waals surface area contributed by atoms with Crippen LogP contribution in [0.5, 0.6) is 0 Å². The van der Waals surface area contributed by atoms with Gasteiger partial charge in [-0.25, -0.2) is 9.59 Å². The molecule has 1 aromatic heterocycles. The molecule has 4 rings (SSSR count). The molecule has 9 nitrogen and oxygen atoms in total. The van der Waals surface area contributed by atoms with E-state index in [-0.39, 0.29) is 6.42 Å². The first-order valence-electron chi connectivity index (χ1n) is 12.2. The minimum Gasteiger partial charge on any atom is -0.478 e. The molecule has 190 valence electrons. The SMILES string of the molecule is CCCCN(Cc1ccc(-c2ccccc2-c2nn[nH]n2)cc1)C(=O)OC(Cc1ccccc1)C(=O)O. The average Bonchev–Trinajstić information content (AvgIpc) is 3.46. The summed E-state index contributed by atoms with van der Waals surface area (Å²) in [6.07, 6.45) is -0.117. The van der Waals surface area contributed by atoms with E-state index in [1.807, 2.05) is 85.8 Å². The van der Waals surface area contributed by atoms with E-state index >= 15 is 0 Å². The van der Waals surface area contributed by atoms with Crippen LogP contribution in [0.25, 0.3) is 22.5 Å². The van der Waals surface area contributed by atoms with Crippen molar-refractivity contribution < 1.29 is 19.4 Å². The van der Waals surface area contributed by atoms with Crippen molar-refractivity contribution >= 4 is 12.1 Å². The lowest BCUT2D eigenvalue weighted by Crippen LogP contribution is -2.38. The summed E-state index contributed by atoms with van der Waals surface area (Å²) in [7, 11) is 0. The maximum absolute atomic E-state index is 13.0. The van der Waals surface area contributed by atoms with Crippen LogP contribution in [-0.4, -0.2) is 55.3 Å². The molecule has 1 heterocycles. The van der Waals surface area contributed by atoms with E-state index < -0.39 is 18.2 Å². The number of H-pyrrole nitrogens is 1. The van der Waals surface area contributed by atoms with Gasteiger partial charge in [0.15, 0.2) is 0 Å². The van der Waals surface area contributed by atoms with Gasteiger partial charge in [-0.2, -0.15) is 5.21 Å². The molecular weight excluding hydrogens is 470 g/mol. The molecule has 0 saturated carbocycles. The lowest BCUT2D eigenvalue weighted by Gasteiger charge is -2.24. The van der Waals surface area contributed by atoms with Gasteiger partial charge in [0.1, 0.15) is 0 Å². The van der Waals surface area contributed by atoms with Crippen LogP contribution in [0.2, 0.25) is 0 Å². The van der Waals surface area contributed by atoms with Crippen LogP contribution >= 0.6 is 0 Å². The van der Waals surface area contributed by atoms with Gasteiger partial charge in [0.25, 0.3) is 0 Å². The molecule has 2 N–H and O–H groups in total. The average molecular weight is 500 g/mol. The molecule has 0 bridgehead atoms. The molecule has 1 unspecified atom stereocenters. The van der Waals surface area contributed by atoms with Crippen molar-refractivity contribution in [1.29, 1.82) is 0 Å². The predicted octanol–water partition coefficient (Wildman–Crippen LogP) is 4.97. The van der Waals surface area contributed by atoms with Gasteiger partial charge in [-0.05, 0) is 33.9 Å². The second-order valence-corrected chi connectivity index (χ2v) is 8.65. The van der Waals surface area contributed by atoms with Crippen LogP contribution < -0.4 is 0 Å². The van der Waals surface area contributed by atoms with E-state index in [0.29, 0.717) is 18.9 Å². The Hall–Kier alpha value is -4.53. The van der Waals surface area contributed by atoms with Crippen LogP contribution in [0.4, 0.5) is 4.79 Å². The zero-order chi connectivity index (χ0) is 26.0. The summed E-state index contributed by atoms with van der Waals surface area (Å²) < 4.78 is 5.46. The fourth-order valence-corrected chi connectivity index (χ4v) is 4.00. The van der Waals surface area contributed by atoms with Gasteiger partial charge >= 0.3 is 12.1 Å². The third-order valence-electron chi connectivity index (χ3n) is 5.97. The summed E-state index contributed by atoms with van der Waals surface area (Å²) in [4.78, 5) is 26.4. The summed E-state index contributed by atoms with van der Waals surface area (Å²) in [5, 5.41) is 24.0. The summed E-state index contributed by atoms with van der Waals surface area (Å²) in [6, 6.07) is 24.8. The number of rotatable bonds is 11. The quantitative estimate of drug-likeness (QED) is 0.299. The minimum absolute atomic E-state index is 0.109. The summed E-state index contributed by atoms with van der Waals surface area (Å²) in [6.45, 7) is 2.81. The monoisotopic (exact) mass is 499 g/mol. The number of tetrazole rings is 1. The molecule has 1 atom stereocenters. The number of carbonyl (C=O) groups excluding carboxylic acids is 1. The van der Waals surface area contributed by atoms with Crippen molar-refractivity contribution in [1.82, 2.24) is 25.5 Å². The van der Waals surface area contributed by atoms with Crippen molar-refractivity contribution in [3.05, 3.63) is 90.0 Å². The Morgan fingerprint density at radius 1 is 0.946 bits per heavy atom. The van der Waals surface area contributed by atoms with Gasteiger partial charge in [0, 0.05) is 25.1 Å². The number of benzene rings is 3. The highest BCUT2D eigenvalue weighted by Crippen LogP contribution is 2.30. The molecular formula is C28H29N5O4. The molecule has 0 aliphatic heterocycles. The van der Waals surface area contributed by atoms with Gasteiger partial charge in [0.05, 0.1) is 0 Å². The molecule has 3 aromatic carbocycles. The third kappa shape index (κ3) is 6.78. The predicted molar refractivity (Wildman–Crippen MR) is 138 cm³/mol. The zero-order valence-corrected chi connectivity index (χ0v) is 20.6. The maximum atomic E-state index is 13.0. The molecule has 0 fully saturated rings. The fraction of sp³-hybridized carbons (Fsp3) is 0.250. The molecule has 0 radical (unpaired) electrons. The Morgan fingerprint density at radius 3 is 2.30 bits per heavy atom. The first-order valence-corrected chi connectivity index (χ1v) is 12.2. The van der Waals surface area contributed by atoms with Crippen molar-refractivity contribution in [2.24, 2.45) is 0 Å². The van der Waals surface area contributed by atoms with E-state index in [1.165, 1.54) is 0 Å². The molecule has 0 saturated heterocycles. The molecule has 37 heavy (non-hydrogen) atoms. The van der Waals surface area contributed by atoms with Gasteiger partial charge in [-0.3, -0.25) is 0 Å². The highest BCUT2D eigenvalue weighted by molar-refractivity contribution is 5.80. The molecule has 0 aliphatic carbocycles. The highest BCUT2D eigenvalue weighted by Gasteiger charge is 2.26. The minimum atomic E-state index is -1.26. The Kier molecular flexibility index (Phi) is 8.59. The van der Waals surface area contributed by atoms with Gasteiger partial charge < -0.3 is 14.7 Å². The van der Waals surface area contributed by atoms with E-state index in [2.05, 4.69) is 20.6 Å². The number of hydrogen-bond acceptors (Lipinski definition) is 6. The number of aliphatic carboxylic acids is 1. The number of hydrogen-bond donors (Lipinski definition) is 2. The Labute approximate surface area is 215 Å². The van der Waals surface area contributed by atoms with Crippen molar-refractivity contribution in [2.45, 2.75) is 38.8 Å². The van der Waals surface area contributed by atoms with Crippen LogP contribution in [0.3, 0.4) is 0 Å². The number of carbonyl (C=O) groups is 2. The van der Waals surface area contributed by atoms with E-state index in [0.717, 1.165) is 40.7 Å². The van der Waals surface area contributed by atoms with E-state index in [4.69, 9.17) is 4.74 Å². The van der Waals surface area contributed by atoms with Gasteiger partial charge in [-0.15, -0.1) is 10.2 Å². The van der Waals surface area contributed by atoms with Gasteiger partial charge in [0.2, 0.25) is 11.9 Å². The second kappa shape index (κ2) is 12.4. The summed E-state index contributed by atoms with van der Waals surface area (Å²) in [5.41, 5.74) is 4.49. The van der Waals surface area contributed by atoms with Crippen LogP contribution in [-0.2, 0) is 22.5 Å². The molecule has 0 aliphatic rings. The Bertz CT molecular complexity index is 1290. The highest BCUT2D eigenvalue weighted by atomic mass is 16.6. The summed E-state index contributed by atoms with van der Waals surface area (Å²) in [5.74, 6) is -0.658. The number of amides is 1. The fourth-order valence-electron chi connectivity index (χ4n) is 4.00. The number of carboxylic acids is 1. The number of nitrogens with one attached hydrogen (secondary N) is 1. The van der Waals surface area contributed by atoms with Gasteiger partial charge in [-0.1, -0.05) is 92.2 Å². The van der Waals surface area contributed by atoms with Crippen LogP contribution in [0.1, 0.15) is 30.9 Å². The van der Waals surface area contributed by atoms with E-state index in [9.17, 15) is 14.7 Å². The standard InChI is InChI=1S/C28H29N5O4/c1-2-3-17-33(28(36)37-25(27(34)35)18-20-9-5-4-6-10-20)19-21-13-15-22(16-14-21)23-11-7-8-12-24(23)26-29-31-32-30-26/h4-16,25H,2-3,17-19H2,1H3,(H,34,35)(H,29,30,31,32). The lowest BCUT2D eigenvalue weighted by atomic mass is 9.98. The number of carboxylic acid groups (broad SMARTS) is 1. The normalized spacial score (nSPS) is 11.6. The van der Waals surface area contributed by atoms with Crippen molar-refractivity contribution in [2.75, 3.05) is 6.54 Å². The largest absolute Gasteiger partial charge is 0.478 e. The van der Waals surface area contributed by atoms with E-state index in [1.54, 1.807) is 4.90 Å².